The Morgan fingerprint density at radius 2 is 1.76 bits per heavy atom. The van der Waals surface area contributed by atoms with Gasteiger partial charge in [0.25, 0.3) is 0 Å². The van der Waals surface area contributed by atoms with Crippen molar-refractivity contribution in [2.24, 2.45) is 10.5 Å². The standard InChI is InChI=1S/C25H28ClF3N4O3S/c1-24(14-5-15-37-4)16-32(30-21(24)17-6-8-18(26)9-7-17)23(35)33(22(34)31(2)3)19-10-12-20(13-11-19)36-25(27,28)29/h6-13H,5,14-16H2,1-4H3. The van der Waals surface area contributed by atoms with Gasteiger partial charge in [-0.05, 0) is 66.8 Å². The lowest BCUT2D eigenvalue weighted by Gasteiger charge is -2.29. The van der Waals surface area contributed by atoms with E-state index < -0.39 is 29.6 Å². The Bertz CT molecular complexity index is 1140. The fourth-order valence-electron chi connectivity index (χ4n) is 4.03. The van der Waals surface area contributed by atoms with Crippen LogP contribution < -0.4 is 9.64 Å². The first kappa shape index (κ1) is 28.6. The van der Waals surface area contributed by atoms with Crippen LogP contribution in [0.5, 0.6) is 5.75 Å². The molecule has 200 valence electrons. The third-order valence-corrected chi connectivity index (χ3v) is 6.75. The van der Waals surface area contributed by atoms with Crippen molar-refractivity contribution in [3.05, 3.63) is 59.1 Å². The molecule has 0 bridgehead atoms. The maximum atomic E-state index is 13.7. The number of imide groups is 1. The summed E-state index contributed by atoms with van der Waals surface area (Å²) in [5.41, 5.74) is 1.10. The number of alkyl halides is 3. The molecule has 4 amide bonds. The van der Waals surface area contributed by atoms with E-state index in [9.17, 15) is 22.8 Å². The summed E-state index contributed by atoms with van der Waals surface area (Å²) in [6.07, 6.45) is -1.19. The summed E-state index contributed by atoms with van der Waals surface area (Å²) in [6, 6.07) is 10.3. The Morgan fingerprint density at radius 3 is 2.30 bits per heavy atom. The molecule has 2 aromatic rings. The van der Waals surface area contributed by atoms with Gasteiger partial charge in [0.1, 0.15) is 5.75 Å². The second-order valence-corrected chi connectivity index (χ2v) is 10.4. The molecule has 1 unspecified atom stereocenters. The number of nitrogens with zero attached hydrogens (tertiary/aromatic N) is 4. The molecular weight excluding hydrogens is 529 g/mol. The first-order valence-corrected chi connectivity index (χ1v) is 13.1. The Balaban J connectivity index is 1.97. The third kappa shape index (κ3) is 7.10. The van der Waals surface area contributed by atoms with Gasteiger partial charge in [-0.1, -0.05) is 30.7 Å². The number of urea groups is 2. The highest BCUT2D eigenvalue weighted by Gasteiger charge is 2.43. The van der Waals surface area contributed by atoms with Gasteiger partial charge in [0.15, 0.2) is 0 Å². The van der Waals surface area contributed by atoms with E-state index in [0.717, 1.165) is 41.2 Å². The molecule has 0 aromatic heterocycles. The van der Waals surface area contributed by atoms with Gasteiger partial charge < -0.3 is 9.64 Å². The summed E-state index contributed by atoms with van der Waals surface area (Å²) in [5, 5.41) is 6.45. The lowest BCUT2D eigenvalue weighted by atomic mass is 9.78. The number of anilines is 1. The van der Waals surface area contributed by atoms with Crippen LogP contribution in [0.1, 0.15) is 25.3 Å². The molecule has 7 nitrogen and oxygen atoms in total. The summed E-state index contributed by atoms with van der Waals surface area (Å²) in [4.78, 5) is 28.8. The maximum absolute atomic E-state index is 13.7. The summed E-state index contributed by atoms with van der Waals surface area (Å²) >= 11 is 7.79. The molecule has 2 aromatic carbocycles. The highest BCUT2D eigenvalue weighted by Crippen LogP contribution is 2.37. The van der Waals surface area contributed by atoms with Gasteiger partial charge in [-0.15, -0.1) is 13.2 Å². The van der Waals surface area contributed by atoms with E-state index in [2.05, 4.69) is 9.84 Å². The number of amides is 4. The number of carbonyl (C=O) groups excluding carboxylic acids is 2. The lowest BCUT2D eigenvalue weighted by Crippen LogP contribution is -2.49. The average molecular weight is 557 g/mol. The molecule has 0 saturated heterocycles. The molecule has 1 atom stereocenters. The van der Waals surface area contributed by atoms with Crippen molar-refractivity contribution in [3.8, 4) is 5.75 Å². The molecular formula is C25H28ClF3N4O3S. The van der Waals surface area contributed by atoms with Crippen molar-refractivity contribution in [3.63, 3.8) is 0 Å². The van der Waals surface area contributed by atoms with Crippen molar-refractivity contribution in [1.82, 2.24) is 9.91 Å². The van der Waals surface area contributed by atoms with Gasteiger partial charge >= 0.3 is 18.4 Å². The smallest absolute Gasteiger partial charge is 0.406 e. The molecule has 37 heavy (non-hydrogen) atoms. The van der Waals surface area contributed by atoms with Crippen LogP contribution in [0.2, 0.25) is 5.02 Å². The van der Waals surface area contributed by atoms with E-state index in [-0.39, 0.29) is 12.2 Å². The molecule has 0 aliphatic carbocycles. The van der Waals surface area contributed by atoms with Crippen LogP contribution in [-0.2, 0) is 0 Å². The van der Waals surface area contributed by atoms with Crippen LogP contribution in [-0.4, -0.2) is 66.7 Å². The number of hydrogen-bond acceptors (Lipinski definition) is 5. The topological polar surface area (TPSA) is 65.5 Å². The molecule has 0 N–H and O–H groups in total. The number of hydrazone groups is 1. The van der Waals surface area contributed by atoms with Crippen molar-refractivity contribution in [1.29, 1.82) is 0 Å². The Labute approximate surface area is 223 Å². The number of ether oxygens (including phenoxy) is 1. The number of thioether (sulfide) groups is 1. The van der Waals surface area contributed by atoms with Crippen LogP contribution in [0.15, 0.2) is 53.6 Å². The first-order valence-electron chi connectivity index (χ1n) is 11.4. The van der Waals surface area contributed by atoms with E-state index in [1.54, 1.807) is 23.9 Å². The number of benzene rings is 2. The quantitative estimate of drug-likeness (QED) is 0.355. The molecule has 1 aliphatic heterocycles. The van der Waals surface area contributed by atoms with Gasteiger partial charge in [-0.2, -0.15) is 16.9 Å². The van der Waals surface area contributed by atoms with Gasteiger partial charge in [-0.3, -0.25) is 0 Å². The third-order valence-electron chi connectivity index (χ3n) is 5.80. The van der Waals surface area contributed by atoms with Crippen molar-refractivity contribution >= 4 is 46.8 Å². The van der Waals surface area contributed by atoms with E-state index >= 15 is 0 Å². The Morgan fingerprint density at radius 1 is 1.14 bits per heavy atom. The number of carbonyl (C=O) groups is 2. The Kier molecular flexibility index (Phi) is 9.01. The van der Waals surface area contributed by atoms with Crippen molar-refractivity contribution in [2.45, 2.75) is 26.1 Å². The SMILES string of the molecule is CSCCCC1(C)CN(C(=O)N(C(=O)N(C)C)c2ccc(OC(F)(F)F)cc2)N=C1c1ccc(Cl)cc1. The predicted octanol–water partition coefficient (Wildman–Crippen LogP) is 6.72. The van der Waals surface area contributed by atoms with Crippen LogP contribution in [0.3, 0.4) is 0 Å². The molecule has 3 rings (SSSR count). The van der Waals surface area contributed by atoms with Crippen LogP contribution in [0, 0.1) is 5.41 Å². The summed E-state index contributed by atoms with van der Waals surface area (Å²) in [5.74, 6) is 0.473. The monoisotopic (exact) mass is 556 g/mol. The van der Waals surface area contributed by atoms with Crippen molar-refractivity contribution in [2.75, 3.05) is 37.5 Å². The van der Waals surface area contributed by atoms with E-state index in [4.69, 9.17) is 11.6 Å². The average Bonchev–Trinajstić information content (AvgIpc) is 3.17. The maximum Gasteiger partial charge on any atom is 0.573 e. The normalized spacial score (nSPS) is 17.4. The summed E-state index contributed by atoms with van der Waals surface area (Å²) in [7, 11) is 2.95. The highest BCUT2D eigenvalue weighted by atomic mass is 35.5. The molecule has 0 saturated carbocycles. The summed E-state index contributed by atoms with van der Waals surface area (Å²) in [6.45, 7) is 2.25. The molecule has 12 heteroatoms. The summed E-state index contributed by atoms with van der Waals surface area (Å²) < 4.78 is 41.6. The highest BCUT2D eigenvalue weighted by molar-refractivity contribution is 7.98. The van der Waals surface area contributed by atoms with E-state index in [1.807, 2.05) is 25.3 Å². The molecule has 0 fully saturated rings. The zero-order chi connectivity index (χ0) is 27.4. The fraction of sp³-hybridized carbons (Fsp3) is 0.400. The minimum atomic E-state index is -4.86. The zero-order valence-corrected chi connectivity index (χ0v) is 22.5. The van der Waals surface area contributed by atoms with Crippen molar-refractivity contribution < 1.29 is 27.5 Å². The number of hydrogen-bond donors (Lipinski definition) is 0. The second kappa shape index (κ2) is 11.6. The fourth-order valence-corrected chi connectivity index (χ4v) is 4.58. The van der Waals surface area contributed by atoms with Gasteiger partial charge in [-0.25, -0.2) is 19.5 Å². The molecule has 0 spiro atoms. The van der Waals surface area contributed by atoms with Crippen LogP contribution in [0.4, 0.5) is 28.4 Å². The zero-order valence-electron chi connectivity index (χ0n) is 20.9. The van der Waals surface area contributed by atoms with Gasteiger partial charge in [0, 0.05) is 24.5 Å². The minimum Gasteiger partial charge on any atom is -0.406 e. The first-order chi connectivity index (χ1) is 17.3. The largest absolute Gasteiger partial charge is 0.573 e. The number of halogens is 4. The molecule has 1 heterocycles. The van der Waals surface area contributed by atoms with Gasteiger partial charge in [0.05, 0.1) is 17.9 Å². The van der Waals surface area contributed by atoms with E-state index in [1.165, 1.54) is 36.1 Å². The number of rotatable bonds is 7. The van der Waals surface area contributed by atoms with E-state index in [0.29, 0.717) is 10.7 Å². The molecule has 0 radical (unpaired) electrons. The molecule has 1 aliphatic rings. The lowest BCUT2D eigenvalue weighted by molar-refractivity contribution is -0.274. The van der Waals surface area contributed by atoms with Crippen LogP contribution >= 0.6 is 23.4 Å². The predicted molar refractivity (Wildman–Crippen MR) is 141 cm³/mol. The second-order valence-electron chi connectivity index (χ2n) is 9.01. The van der Waals surface area contributed by atoms with Crippen LogP contribution in [0.25, 0.3) is 0 Å². The Hall–Kier alpha value is -2.92. The van der Waals surface area contributed by atoms with Gasteiger partial charge in [0.2, 0.25) is 0 Å². The minimum absolute atomic E-state index is 0.0810.